The number of fused-ring (bicyclic) bond motifs is 1. The molecule has 0 fully saturated rings. The van der Waals surface area contributed by atoms with Crippen LogP contribution in [0.4, 0.5) is 0 Å². The Morgan fingerprint density at radius 2 is 2.11 bits per heavy atom. The van der Waals surface area contributed by atoms with E-state index in [2.05, 4.69) is 5.32 Å². The maximum atomic E-state index is 11.7. The van der Waals surface area contributed by atoms with Crippen LogP contribution in [0, 0.1) is 0 Å². The first-order valence-electron chi connectivity index (χ1n) is 6.10. The Bertz CT molecular complexity index is 582. The summed E-state index contributed by atoms with van der Waals surface area (Å²) in [5.41, 5.74) is 1.92. The number of benzene rings is 1. The lowest BCUT2D eigenvalue weighted by atomic mass is 10.1. The summed E-state index contributed by atoms with van der Waals surface area (Å²) in [5, 5.41) is 12.7. The molecular weight excluding hydrogens is 266 g/mol. The highest BCUT2D eigenvalue weighted by molar-refractivity contribution is 7.90. The third-order valence-electron chi connectivity index (χ3n) is 3.22. The number of hydrogen-bond donors (Lipinski definition) is 2. The van der Waals surface area contributed by atoms with Crippen LogP contribution in [-0.2, 0) is 21.1 Å². The molecule has 0 aromatic heterocycles. The second kappa shape index (κ2) is 5.30. The molecule has 0 radical (unpaired) electrons. The Labute approximate surface area is 112 Å². The third kappa shape index (κ3) is 3.54. The molecule has 6 heteroatoms. The molecule has 0 saturated heterocycles. The maximum absolute atomic E-state index is 11.7. The molecular formula is C13H17NO4S. The Kier molecular flexibility index (Phi) is 3.91. The van der Waals surface area contributed by atoms with Crippen molar-refractivity contribution >= 4 is 15.7 Å². The van der Waals surface area contributed by atoms with Crippen molar-refractivity contribution in [1.82, 2.24) is 5.32 Å². The summed E-state index contributed by atoms with van der Waals surface area (Å²) in [7, 11) is -3.15. The van der Waals surface area contributed by atoms with Crippen molar-refractivity contribution in [3.63, 3.8) is 0 Å². The van der Waals surface area contributed by atoms with Gasteiger partial charge < -0.3 is 10.4 Å². The molecule has 1 amide bonds. The van der Waals surface area contributed by atoms with Crippen molar-refractivity contribution in [1.29, 1.82) is 0 Å². The van der Waals surface area contributed by atoms with Gasteiger partial charge in [-0.25, -0.2) is 8.42 Å². The van der Waals surface area contributed by atoms with Gasteiger partial charge in [0, 0.05) is 19.1 Å². The average molecular weight is 283 g/mol. The van der Waals surface area contributed by atoms with Gasteiger partial charge in [0.1, 0.15) is 9.84 Å². The van der Waals surface area contributed by atoms with Crippen LogP contribution in [0.25, 0.3) is 0 Å². The Balaban J connectivity index is 2.02. The van der Waals surface area contributed by atoms with E-state index < -0.39 is 22.0 Å². The molecule has 0 spiro atoms. The van der Waals surface area contributed by atoms with Crippen LogP contribution in [0.5, 0.6) is 0 Å². The lowest BCUT2D eigenvalue weighted by Crippen LogP contribution is -2.34. The summed E-state index contributed by atoms with van der Waals surface area (Å²) in [5.74, 6) is -0.533. The number of hydrogen-bond acceptors (Lipinski definition) is 4. The third-order valence-corrected chi connectivity index (χ3v) is 4.17. The van der Waals surface area contributed by atoms with Crippen LogP contribution >= 0.6 is 0 Å². The van der Waals surface area contributed by atoms with Crippen LogP contribution in [0.3, 0.4) is 0 Å². The lowest BCUT2D eigenvalue weighted by Gasteiger charge is -2.17. The molecule has 0 unspecified atom stereocenters. The zero-order chi connectivity index (χ0) is 14.0. The number of aliphatic hydroxyl groups excluding tert-OH is 1. The quantitative estimate of drug-likeness (QED) is 0.826. The minimum Gasteiger partial charge on any atom is -0.390 e. The molecule has 0 heterocycles. The van der Waals surface area contributed by atoms with E-state index in [1.807, 2.05) is 24.3 Å². The number of carbonyl (C=O) groups excluding carboxylic acids is 1. The van der Waals surface area contributed by atoms with E-state index in [-0.39, 0.29) is 18.1 Å². The summed E-state index contributed by atoms with van der Waals surface area (Å²) in [6, 6.07) is 7.09. The van der Waals surface area contributed by atoms with E-state index in [9.17, 15) is 18.3 Å². The number of rotatable bonds is 4. The number of sulfone groups is 1. The minimum atomic E-state index is -3.15. The van der Waals surface area contributed by atoms with Gasteiger partial charge in [-0.05, 0) is 11.1 Å². The molecule has 1 aromatic carbocycles. The molecule has 104 valence electrons. The Hall–Kier alpha value is -1.40. The standard InChI is InChI=1S/C13H17NO4S/c1-19(17,18)7-6-12(16)14-13-10-5-3-2-4-9(10)8-11(13)15/h2-5,11,13,15H,6-8H2,1H3,(H,14,16)/t11-,13+/m1/s1. The van der Waals surface area contributed by atoms with Gasteiger partial charge in [-0.15, -0.1) is 0 Å². The van der Waals surface area contributed by atoms with E-state index in [1.54, 1.807) is 0 Å². The largest absolute Gasteiger partial charge is 0.390 e. The molecule has 5 nitrogen and oxygen atoms in total. The summed E-state index contributed by atoms with van der Waals surface area (Å²) < 4.78 is 22.0. The fraction of sp³-hybridized carbons (Fsp3) is 0.462. The Morgan fingerprint density at radius 3 is 2.79 bits per heavy atom. The molecule has 0 saturated carbocycles. The summed E-state index contributed by atoms with van der Waals surface area (Å²) >= 11 is 0. The second-order valence-electron chi connectivity index (χ2n) is 4.90. The van der Waals surface area contributed by atoms with Gasteiger partial charge in [-0.2, -0.15) is 0 Å². The molecule has 2 atom stereocenters. The van der Waals surface area contributed by atoms with E-state index >= 15 is 0 Å². The molecule has 0 bridgehead atoms. The van der Waals surface area contributed by atoms with Crippen molar-refractivity contribution in [2.24, 2.45) is 0 Å². The first kappa shape index (κ1) is 14.0. The van der Waals surface area contributed by atoms with Gasteiger partial charge in [0.05, 0.1) is 17.9 Å². The predicted molar refractivity (Wildman–Crippen MR) is 71.4 cm³/mol. The second-order valence-corrected chi connectivity index (χ2v) is 7.16. The summed E-state index contributed by atoms with van der Waals surface area (Å²) in [6.07, 6.45) is 0.872. The SMILES string of the molecule is CS(=O)(=O)CCC(=O)N[C@H]1c2ccccc2C[C@H]1O. The van der Waals surface area contributed by atoms with Gasteiger partial charge in [0.2, 0.25) is 5.91 Å². The summed E-state index contributed by atoms with van der Waals surface area (Å²) in [6.45, 7) is 0. The zero-order valence-electron chi connectivity index (χ0n) is 10.7. The number of aliphatic hydroxyl groups is 1. The maximum Gasteiger partial charge on any atom is 0.221 e. The summed E-state index contributed by atoms with van der Waals surface area (Å²) in [4.78, 5) is 11.7. The molecule has 2 rings (SSSR count). The normalized spacial score (nSPS) is 22.0. The fourth-order valence-electron chi connectivity index (χ4n) is 2.27. The van der Waals surface area contributed by atoms with Crippen LogP contribution in [0.15, 0.2) is 24.3 Å². The Morgan fingerprint density at radius 1 is 1.42 bits per heavy atom. The minimum absolute atomic E-state index is 0.0791. The van der Waals surface area contributed by atoms with Crippen LogP contribution < -0.4 is 5.32 Å². The van der Waals surface area contributed by atoms with Crippen molar-refractivity contribution in [2.75, 3.05) is 12.0 Å². The number of carbonyl (C=O) groups is 1. The molecule has 1 aliphatic rings. The zero-order valence-corrected chi connectivity index (χ0v) is 11.5. The van der Waals surface area contributed by atoms with Gasteiger partial charge in [0.15, 0.2) is 0 Å². The van der Waals surface area contributed by atoms with Gasteiger partial charge in [0.25, 0.3) is 0 Å². The molecule has 1 aromatic rings. The van der Waals surface area contributed by atoms with E-state index in [0.29, 0.717) is 6.42 Å². The van der Waals surface area contributed by atoms with Crippen LogP contribution in [-0.4, -0.2) is 37.5 Å². The van der Waals surface area contributed by atoms with E-state index in [0.717, 1.165) is 17.4 Å². The molecule has 1 aliphatic carbocycles. The van der Waals surface area contributed by atoms with Crippen molar-refractivity contribution in [2.45, 2.75) is 25.0 Å². The van der Waals surface area contributed by atoms with Crippen LogP contribution in [0.2, 0.25) is 0 Å². The predicted octanol–water partition coefficient (Wildman–Crippen LogP) is 0.196. The first-order chi connectivity index (χ1) is 8.87. The molecule has 0 aliphatic heterocycles. The van der Waals surface area contributed by atoms with Gasteiger partial charge in [-0.1, -0.05) is 24.3 Å². The monoisotopic (exact) mass is 283 g/mol. The molecule has 19 heavy (non-hydrogen) atoms. The highest BCUT2D eigenvalue weighted by Crippen LogP contribution is 2.31. The van der Waals surface area contributed by atoms with Gasteiger partial charge in [-0.3, -0.25) is 4.79 Å². The fourth-order valence-corrected chi connectivity index (χ4v) is 2.83. The van der Waals surface area contributed by atoms with Gasteiger partial charge >= 0.3 is 0 Å². The first-order valence-corrected chi connectivity index (χ1v) is 8.16. The average Bonchev–Trinajstić information content (AvgIpc) is 2.63. The molecule has 2 N–H and O–H groups in total. The number of amides is 1. The lowest BCUT2D eigenvalue weighted by molar-refractivity contribution is -0.122. The highest BCUT2D eigenvalue weighted by atomic mass is 32.2. The topological polar surface area (TPSA) is 83.5 Å². The number of nitrogens with one attached hydrogen (secondary N) is 1. The van der Waals surface area contributed by atoms with E-state index in [4.69, 9.17) is 0 Å². The van der Waals surface area contributed by atoms with Crippen molar-refractivity contribution in [3.8, 4) is 0 Å². The van der Waals surface area contributed by atoms with Crippen molar-refractivity contribution < 1.29 is 18.3 Å². The highest BCUT2D eigenvalue weighted by Gasteiger charge is 2.31. The van der Waals surface area contributed by atoms with Crippen molar-refractivity contribution in [3.05, 3.63) is 35.4 Å². The van der Waals surface area contributed by atoms with E-state index in [1.165, 1.54) is 0 Å². The smallest absolute Gasteiger partial charge is 0.221 e. The van der Waals surface area contributed by atoms with Crippen LogP contribution in [0.1, 0.15) is 23.6 Å².